The summed E-state index contributed by atoms with van der Waals surface area (Å²) in [5.74, 6) is -0.365. The van der Waals surface area contributed by atoms with Gasteiger partial charge in [-0.1, -0.05) is 6.07 Å². The Hall–Kier alpha value is -1.84. The van der Waals surface area contributed by atoms with Gasteiger partial charge in [0.25, 0.3) is 0 Å². The van der Waals surface area contributed by atoms with E-state index in [9.17, 15) is 9.59 Å². The first-order valence-corrected chi connectivity index (χ1v) is 7.17. The fraction of sp³-hybridized carbons (Fsp3) is 0.500. The molecular formula is C16H22N2O2. The zero-order chi connectivity index (χ0) is 14.7. The molecular weight excluding hydrogens is 252 g/mol. The first-order valence-electron chi connectivity index (χ1n) is 7.17. The molecule has 0 aromatic heterocycles. The molecule has 1 saturated heterocycles. The van der Waals surface area contributed by atoms with E-state index in [2.05, 4.69) is 0 Å². The fourth-order valence-corrected chi connectivity index (χ4v) is 2.74. The average molecular weight is 274 g/mol. The summed E-state index contributed by atoms with van der Waals surface area (Å²) in [5, 5.41) is 0. The highest BCUT2D eigenvalue weighted by Crippen LogP contribution is 2.20. The van der Waals surface area contributed by atoms with Gasteiger partial charge in [0.2, 0.25) is 11.8 Å². The van der Waals surface area contributed by atoms with Crippen molar-refractivity contribution in [2.45, 2.75) is 39.5 Å². The maximum Gasteiger partial charge on any atom is 0.249 e. The Kier molecular flexibility index (Phi) is 4.42. The summed E-state index contributed by atoms with van der Waals surface area (Å²) in [7, 11) is 0. The lowest BCUT2D eigenvalue weighted by atomic mass is 9.94. The molecule has 0 atom stereocenters. The van der Waals surface area contributed by atoms with Crippen LogP contribution in [-0.4, -0.2) is 29.8 Å². The molecule has 1 aliphatic heterocycles. The van der Waals surface area contributed by atoms with E-state index in [1.165, 1.54) is 6.42 Å². The topological polar surface area (TPSA) is 63.4 Å². The Morgan fingerprint density at radius 1 is 1.15 bits per heavy atom. The van der Waals surface area contributed by atoms with Crippen LogP contribution in [0.25, 0.3) is 0 Å². The largest absolute Gasteiger partial charge is 0.366 e. The lowest BCUT2D eigenvalue weighted by Crippen LogP contribution is -2.37. The third-order valence-corrected chi connectivity index (χ3v) is 4.17. The molecule has 1 aliphatic rings. The Morgan fingerprint density at radius 2 is 1.80 bits per heavy atom. The second-order valence-corrected chi connectivity index (χ2v) is 5.52. The number of piperidine rings is 1. The smallest absolute Gasteiger partial charge is 0.249 e. The van der Waals surface area contributed by atoms with Crippen LogP contribution in [0.3, 0.4) is 0 Å². The van der Waals surface area contributed by atoms with Crippen molar-refractivity contribution in [2.75, 3.05) is 13.1 Å². The molecule has 1 heterocycles. The van der Waals surface area contributed by atoms with Gasteiger partial charge in [0.1, 0.15) is 0 Å². The van der Waals surface area contributed by atoms with Crippen LogP contribution in [0.4, 0.5) is 0 Å². The van der Waals surface area contributed by atoms with E-state index in [1.807, 2.05) is 24.8 Å². The Bertz CT molecular complexity index is 532. The molecule has 0 radical (unpaired) electrons. The molecule has 2 amide bonds. The van der Waals surface area contributed by atoms with E-state index in [4.69, 9.17) is 5.73 Å². The van der Waals surface area contributed by atoms with Crippen molar-refractivity contribution < 1.29 is 9.59 Å². The summed E-state index contributed by atoms with van der Waals surface area (Å²) in [5.41, 5.74) is 8.75. The quantitative estimate of drug-likeness (QED) is 0.915. The maximum absolute atomic E-state index is 12.4. The van der Waals surface area contributed by atoms with E-state index in [0.29, 0.717) is 5.56 Å². The number of benzene rings is 1. The van der Waals surface area contributed by atoms with Gasteiger partial charge in [-0.15, -0.1) is 0 Å². The molecule has 1 fully saturated rings. The SMILES string of the molecule is Cc1ccc(C(N)=O)c(CC(=O)N2CCCCC2)c1C. The molecule has 2 N–H and O–H groups in total. The van der Waals surface area contributed by atoms with E-state index >= 15 is 0 Å². The second-order valence-electron chi connectivity index (χ2n) is 5.52. The molecule has 0 unspecified atom stereocenters. The summed E-state index contributed by atoms with van der Waals surface area (Å²) in [6.45, 7) is 5.58. The van der Waals surface area contributed by atoms with Crippen molar-refractivity contribution in [3.8, 4) is 0 Å². The number of rotatable bonds is 3. The van der Waals surface area contributed by atoms with Gasteiger partial charge < -0.3 is 10.6 Å². The van der Waals surface area contributed by atoms with Gasteiger partial charge in [-0.05, 0) is 55.9 Å². The van der Waals surface area contributed by atoms with Crippen molar-refractivity contribution in [2.24, 2.45) is 5.73 Å². The number of hydrogen-bond acceptors (Lipinski definition) is 2. The van der Waals surface area contributed by atoms with Crippen LogP contribution in [0.2, 0.25) is 0 Å². The molecule has 2 rings (SSSR count). The first-order chi connectivity index (χ1) is 9.50. The first kappa shape index (κ1) is 14.6. The van der Waals surface area contributed by atoms with Gasteiger partial charge in [-0.25, -0.2) is 0 Å². The molecule has 108 valence electrons. The summed E-state index contributed by atoms with van der Waals surface area (Å²) >= 11 is 0. The summed E-state index contributed by atoms with van der Waals surface area (Å²) in [4.78, 5) is 25.8. The number of carbonyl (C=O) groups excluding carboxylic acids is 2. The fourth-order valence-electron chi connectivity index (χ4n) is 2.74. The maximum atomic E-state index is 12.4. The number of likely N-dealkylation sites (tertiary alicyclic amines) is 1. The molecule has 4 nitrogen and oxygen atoms in total. The van der Waals surface area contributed by atoms with Crippen molar-refractivity contribution in [3.63, 3.8) is 0 Å². The van der Waals surface area contributed by atoms with Crippen molar-refractivity contribution in [1.82, 2.24) is 4.90 Å². The Morgan fingerprint density at radius 3 is 2.40 bits per heavy atom. The van der Waals surface area contributed by atoms with Crippen LogP contribution in [0.1, 0.15) is 46.3 Å². The van der Waals surface area contributed by atoms with E-state index in [1.54, 1.807) is 6.07 Å². The zero-order valence-electron chi connectivity index (χ0n) is 12.2. The normalized spacial score (nSPS) is 15.2. The number of nitrogens with zero attached hydrogens (tertiary/aromatic N) is 1. The van der Waals surface area contributed by atoms with Crippen molar-refractivity contribution in [3.05, 3.63) is 34.4 Å². The van der Waals surface area contributed by atoms with Crippen LogP contribution in [0.15, 0.2) is 12.1 Å². The number of aryl methyl sites for hydroxylation is 1. The minimum Gasteiger partial charge on any atom is -0.366 e. The highest BCUT2D eigenvalue weighted by atomic mass is 16.2. The summed E-state index contributed by atoms with van der Waals surface area (Å²) in [6.07, 6.45) is 3.61. The second kappa shape index (κ2) is 6.07. The predicted molar refractivity (Wildman–Crippen MR) is 78.6 cm³/mol. The van der Waals surface area contributed by atoms with Gasteiger partial charge >= 0.3 is 0 Å². The van der Waals surface area contributed by atoms with Gasteiger partial charge in [0.05, 0.1) is 6.42 Å². The number of primary amides is 1. The van der Waals surface area contributed by atoms with Crippen LogP contribution in [0.5, 0.6) is 0 Å². The molecule has 4 heteroatoms. The van der Waals surface area contributed by atoms with Crippen LogP contribution in [0, 0.1) is 13.8 Å². The summed E-state index contributed by atoms with van der Waals surface area (Å²) in [6, 6.07) is 3.60. The van der Waals surface area contributed by atoms with E-state index in [-0.39, 0.29) is 12.3 Å². The lowest BCUT2D eigenvalue weighted by Gasteiger charge is -2.27. The molecule has 1 aromatic rings. The lowest BCUT2D eigenvalue weighted by molar-refractivity contribution is -0.131. The minimum absolute atomic E-state index is 0.0981. The predicted octanol–water partition coefficient (Wildman–Crippen LogP) is 1.96. The monoisotopic (exact) mass is 274 g/mol. The van der Waals surface area contributed by atoms with E-state index < -0.39 is 5.91 Å². The average Bonchev–Trinajstić information content (AvgIpc) is 2.44. The van der Waals surface area contributed by atoms with Gasteiger partial charge in [-0.3, -0.25) is 9.59 Å². The van der Waals surface area contributed by atoms with Crippen LogP contribution in [-0.2, 0) is 11.2 Å². The zero-order valence-corrected chi connectivity index (χ0v) is 12.2. The molecule has 0 bridgehead atoms. The van der Waals surface area contributed by atoms with Crippen LogP contribution >= 0.6 is 0 Å². The third-order valence-electron chi connectivity index (χ3n) is 4.17. The Balaban J connectivity index is 2.25. The minimum atomic E-state index is -0.463. The van der Waals surface area contributed by atoms with E-state index in [0.717, 1.165) is 42.6 Å². The summed E-state index contributed by atoms with van der Waals surface area (Å²) < 4.78 is 0. The number of hydrogen-bond donors (Lipinski definition) is 1. The number of nitrogens with two attached hydrogens (primary N) is 1. The molecule has 0 saturated carbocycles. The number of amides is 2. The standard InChI is InChI=1S/C16H22N2O2/c1-11-6-7-13(16(17)20)14(12(11)2)10-15(19)18-8-4-3-5-9-18/h6-7H,3-5,8-10H2,1-2H3,(H2,17,20). The highest BCUT2D eigenvalue weighted by molar-refractivity contribution is 5.96. The van der Waals surface area contributed by atoms with Crippen molar-refractivity contribution in [1.29, 1.82) is 0 Å². The van der Waals surface area contributed by atoms with Gasteiger partial charge in [0, 0.05) is 18.7 Å². The highest BCUT2D eigenvalue weighted by Gasteiger charge is 2.20. The third kappa shape index (κ3) is 3.00. The van der Waals surface area contributed by atoms with Crippen LogP contribution < -0.4 is 5.73 Å². The van der Waals surface area contributed by atoms with Gasteiger partial charge in [-0.2, -0.15) is 0 Å². The number of carbonyl (C=O) groups is 2. The molecule has 1 aromatic carbocycles. The van der Waals surface area contributed by atoms with Crippen molar-refractivity contribution >= 4 is 11.8 Å². The molecule has 20 heavy (non-hydrogen) atoms. The van der Waals surface area contributed by atoms with Gasteiger partial charge in [0.15, 0.2) is 0 Å². The molecule has 0 aliphatic carbocycles. The Labute approximate surface area is 119 Å². The molecule has 0 spiro atoms.